The molecule has 4 nitrogen and oxygen atoms in total. The van der Waals surface area contributed by atoms with Gasteiger partial charge in [-0.3, -0.25) is 0 Å². The second-order valence-corrected chi connectivity index (χ2v) is 6.46. The molecular formula is C18H29NO3. The van der Waals surface area contributed by atoms with Gasteiger partial charge in [-0.05, 0) is 51.6 Å². The zero-order valence-corrected chi connectivity index (χ0v) is 14.0. The van der Waals surface area contributed by atoms with Crippen molar-refractivity contribution in [3.63, 3.8) is 0 Å². The first-order valence-corrected chi connectivity index (χ1v) is 8.31. The number of hydrogen-bond acceptors (Lipinski definition) is 4. The molecular weight excluding hydrogens is 278 g/mol. The molecule has 1 fully saturated rings. The van der Waals surface area contributed by atoms with Crippen LogP contribution in [0.1, 0.15) is 45.1 Å². The molecule has 1 aliphatic carbocycles. The molecule has 2 atom stereocenters. The van der Waals surface area contributed by atoms with Crippen LogP contribution in [0.25, 0.3) is 0 Å². The summed E-state index contributed by atoms with van der Waals surface area (Å²) in [5, 5.41) is 13.2. The highest BCUT2D eigenvalue weighted by atomic mass is 16.5. The average Bonchev–Trinajstić information content (AvgIpc) is 2.48. The van der Waals surface area contributed by atoms with Crippen molar-refractivity contribution in [2.75, 3.05) is 13.7 Å². The third kappa shape index (κ3) is 5.18. The van der Waals surface area contributed by atoms with Crippen LogP contribution in [-0.2, 0) is 6.54 Å². The molecule has 2 rings (SSSR count). The van der Waals surface area contributed by atoms with Gasteiger partial charge in [-0.1, -0.05) is 12.5 Å². The summed E-state index contributed by atoms with van der Waals surface area (Å²) in [6.07, 6.45) is 4.26. The van der Waals surface area contributed by atoms with E-state index in [0.29, 0.717) is 5.92 Å². The fourth-order valence-electron chi connectivity index (χ4n) is 3.03. The lowest BCUT2D eigenvalue weighted by atomic mass is 9.87. The fourth-order valence-corrected chi connectivity index (χ4v) is 3.03. The molecule has 1 aromatic rings. The maximum atomic E-state index is 9.74. The summed E-state index contributed by atoms with van der Waals surface area (Å²) in [5.41, 5.74) is 1.14. The Morgan fingerprint density at radius 3 is 2.82 bits per heavy atom. The minimum absolute atomic E-state index is 0.110. The molecule has 124 valence electrons. The van der Waals surface area contributed by atoms with E-state index in [1.165, 1.54) is 6.42 Å². The molecule has 2 N–H and O–H groups in total. The van der Waals surface area contributed by atoms with E-state index in [9.17, 15) is 5.11 Å². The molecule has 4 heteroatoms. The Kier molecular flexibility index (Phi) is 6.52. The molecule has 1 saturated carbocycles. The largest absolute Gasteiger partial charge is 0.497 e. The van der Waals surface area contributed by atoms with Gasteiger partial charge in [0.15, 0.2) is 0 Å². The molecule has 2 unspecified atom stereocenters. The van der Waals surface area contributed by atoms with E-state index >= 15 is 0 Å². The lowest BCUT2D eigenvalue weighted by Gasteiger charge is -2.26. The number of ether oxygens (including phenoxy) is 2. The van der Waals surface area contributed by atoms with Gasteiger partial charge in [-0.15, -0.1) is 0 Å². The molecule has 0 spiro atoms. The van der Waals surface area contributed by atoms with Gasteiger partial charge < -0.3 is 19.9 Å². The van der Waals surface area contributed by atoms with Crippen LogP contribution in [0.2, 0.25) is 0 Å². The highest BCUT2D eigenvalue weighted by Gasteiger charge is 2.19. The van der Waals surface area contributed by atoms with Crippen molar-refractivity contribution >= 4 is 0 Å². The van der Waals surface area contributed by atoms with E-state index in [1.54, 1.807) is 7.11 Å². The Morgan fingerprint density at radius 1 is 1.32 bits per heavy atom. The molecule has 0 radical (unpaired) electrons. The van der Waals surface area contributed by atoms with Crippen LogP contribution in [0.15, 0.2) is 18.2 Å². The minimum Gasteiger partial charge on any atom is -0.497 e. The van der Waals surface area contributed by atoms with Crippen LogP contribution < -0.4 is 14.8 Å². The molecule has 1 aromatic carbocycles. The Labute approximate surface area is 133 Å². The van der Waals surface area contributed by atoms with E-state index in [1.807, 2.05) is 26.0 Å². The minimum atomic E-state index is -0.110. The highest BCUT2D eigenvalue weighted by Crippen LogP contribution is 2.27. The molecule has 0 aliphatic heterocycles. The summed E-state index contributed by atoms with van der Waals surface area (Å²) in [6, 6.07) is 5.97. The van der Waals surface area contributed by atoms with Gasteiger partial charge in [0.05, 0.1) is 19.3 Å². The van der Waals surface area contributed by atoms with Gasteiger partial charge in [0, 0.05) is 18.2 Å². The number of aliphatic hydroxyl groups excluding tert-OH is 1. The zero-order valence-electron chi connectivity index (χ0n) is 14.0. The number of nitrogens with one attached hydrogen (secondary N) is 1. The topological polar surface area (TPSA) is 50.7 Å². The predicted octanol–water partition coefficient (Wildman–Crippen LogP) is 3.12. The second-order valence-electron chi connectivity index (χ2n) is 6.46. The van der Waals surface area contributed by atoms with Crippen LogP contribution in [-0.4, -0.2) is 31.0 Å². The molecule has 0 saturated heterocycles. The van der Waals surface area contributed by atoms with Crippen LogP contribution in [0.3, 0.4) is 0 Å². The van der Waals surface area contributed by atoms with Crippen molar-refractivity contribution in [1.82, 2.24) is 5.32 Å². The van der Waals surface area contributed by atoms with E-state index in [4.69, 9.17) is 9.47 Å². The van der Waals surface area contributed by atoms with Crippen LogP contribution in [0.4, 0.5) is 0 Å². The molecule has 0 bridgehead atoms. The fraction of sp³-hybridized carbons (Fsp3) is 0.667. The summed E-state index contributed by atoms with van der Waals surface area (Å²) in [6.45, 7) is 5.78. The van der Waals surface area contributed by atoms with Crippen LogP contribution >= 0.6 is 0 Å². The summed E-state index contributed by atoms with van der Waals surface area (Å²) in [4.78, 5) is 0. The summed E-state index contributed by atoms with van der Waals surface area (Å²) in [5.74, 6) is 2.27. The number of hydrogen-bond donors (Lipinski definition) is 2. The van der Waals surface area contributed by atoms with Crippen LogP contribution in [0, 0.1) is 5.92 Å². The number of aliphatic hydroxyl groups is 1. The Balaban J connectivity index is 1.90. The van der Waals surface area contributed by atoms with Gasteiger partial charge in [0.1, 0.15) is 11.5 Å². The quantitative estimate of drug-likeness (QED) is 0.812. The molecule has 0 heterocycles. The van der Waals surface area contributed by atoms with Crippen LogP contribution in [0.5, 0.6) is 11.5 Å². The third-order valence-corrected chi connectivity index (χ3v) is 4.14. The molecule has 0 amide bonds. The van der Waals surface area contributed by atoms with Crippen molar-refractivity contribution in [3.8, 4) is 11.5 Å². The first kappa shape index (κ1) is 17.1. The lowest BCUT2D eigenvalue weighted by Crippen LogP contribution is -2.29. The molecule has 1 aliphatic rings. The SMILES string of the molecule is COc1ccc(CNCC2CCCC(O)C2)c(OC(C)C)c1. The van der Waals surface area contributed by atoms with Crippen molar-refractivity contribution in [2.45, 2.75) is 58.3 Å². The number of rotatable bonds is 7. The van der Waals surface area contributed by atoms with E-state index in [2.05, 4.69) is 11.4 Å². The first-order valence-electron chi connectivity index (χ1n) is 8.31. The highest BCUT2D eigenvalue weighted by molar-refractivity contribution is 5.40. The van der Waals surface area contributed by atoms with Crippen molar-refractivity contribution in [2.24, 2.45) is 5.92 Å². The number of methoxy groups -OCH3 is 1. The lowest BCUT2D eigenvalue weighted by molar-refractivity contribution is 0.100. The van der Waals surface area contributed by atoms with E-state index < -0.39 is 0 Å². The van der Waals surface area contributed by atoms with Crippen molar-refractivity contribution in [1.29, 1.82) is 0 Å². The van der Waals surface area contributed by atoms with Gasteiger partial charge in [-0.2, -0.15) is 0 Å². The second kappa shape index (κ2) is 8.39. The average molecular weight is 307 g/mol. The Hall–Kier alpha value is -1.26. The summed E-state index contributed by atoms with van der Waals surface area (Å²) < 4.78 is 11.2. The van der Waals surface area contributed by atoms with Gasteiger partial charge in [0.25, 0.3) is 0 Å². The number of benzene rings is 1. The normalized spacial score (nSPS) is 21.9. The zero-order chi connectivity index (χ0) is 15.9. The van der Waals surface area contributed by atoms with Gasteiger partial charge in [-0.25, -0.2) is 0 Å². The summed E-state index contributed by atoms with van der Waals surface area (Å²) >= 11 is 0. The maximum absolute atomic E-state index is 9.74. The van der Waals surface area contributed by atoms with Gasteiger partial charge in [0.2, 0.25) is 0 Å². The third-order valence-electron chi connectivity index (χ3n) is 4.14. The summed E-state index contributed by atoms with van der Waals surface area (Å²) in [7, 11) is 1.67. The predicted molar refractivity (Wildman–Crippen MR) is 88.4 cm³/mol. The van der Waals surface area contributed by atoms with Crippen molar-refractivity contribution < 1.29 is 14.6 Å². The standard InChI is InChI=1S/C18H29NO3/c1-13(2)22-18-10-17(21-3)8-7-15(18)12-19-11-14-5-4-6-16(20)9-14/h7-8,10,13-14,16,19-20H,4-6,9,11-12H2,1-3H3. The maximum Gasteiger partial charge on any atom is 0.127 e. The monoisotopic (exact) mass is 307 g/mol. The van der Waals surface area contributed by atoms with E-state index in [0.717, 1.165) is 49.4 Å². The Morgan fingerprint density at radius 2 is 2.14 bits per heavy atom. The van der Waals surface area contributed by atoms with Gasteiger partial charge >= 0.3 is 0 Å². The van der Waals surface area contributed by atoms with E-state index in [-0.39, 0.29) is 12.2 Å². The van der Waals surface area contributed by atoms with Crippen molar-refractivity contribution in [3.05, 3.63) is 23.8 Å². The smallest absolute Gasteiger partial charge is 0.127 e. The Bertz CT molecular complexity index is 462. The molecule has 22 heavy (non-hydrogen) atoms. The first-order chi connectivity index (χ1) is 10.6. The molecule has 0 aromatic heterocycles.